The number of hydrogen-bond donors (Lipinski definition) is 1. The Hall–Kier alpha value is -3.07. The second-order valence-electron chi connectivity index (χ2n) is 7.53. The number of nitrogens with one attached hydrogen (secondary N) is 1. The van der Waals surface area contributed by atoms with Gasteiger partial charge in [0.25, 0.3) is 5.91 Å². The molecule has 9 heteroatoms. The first-order valence-electron chi connectivity index (χ1n) is 9.41. The Morgan fingerprint density at radius 2 is 1.87 bits per heavy atom. The summed E-state index contributed by atoms with van der Waals surface area (Å²) in [6.07, 6.45) is 1.50. The molecule has 1 aliphatic rings. The molecule has 0 saturated carbocycles. The van der Waals surface area contributed by atoms with Gasteiger partial charge in [0.15, 0.2) is 6.73 Å². The fraction of sp³-hybridized carbons (Fsp3) is 0.273. The van der Waals surface area contributed by atoms with Gasteiger partial charge in [0.2, 0.25) is 5.91 Å². The zero-order valence-electron chi connectivity index (χ0n) is 17.3. The molecule has 2 amide bonds. The van der Waals surface area contributed by atoms with Crippen LogP contribution in [0.5, 0.6) is 0 Å². The quantitative estimate of drug-likeness (QED) is 0.736. The van der Waals surface area contributed by atoms with Crippen LogP contribution in [0.4, 0.5) is 14.5 Å². The highest BCUT2D eigenvalue weighted by atomic mass is 32.2. The van der Waals surface area contributed by atoms with Crippen molar-refractivity contribution in [2.45, 2.75) is 19.4 Å². The van der Waals surface area contributed by atoms with Crippen molar-refractivity contribution in [2.24, 2.45) is 0 Å². The Morgan fingerprint density at radius 1 is 1.19 bits per heavy atom. The van der Waals surface area contributed by atoms with Crippen LogP contribution in [0.2, 0.25) is 0 Å². The smallest absolute Gasteiger partial charge is 0.261 e. The number of anilines is 1. The minimum Gasteiger partial charge on any atom is -0.475 e. The number of ether oxygens (including phenoxy) is 1. The van der Waals surface area contributed by atoms with Gasteiger partial charge in [-0.15, -0.1) is 0 Å². The third-order valence-corrected chi connectivity index (χ3v) is 5.58. The van der Waals surface area contributed by atoms with Crippen molar-refractivity contribution < 1.29 is 27.3 Å². The molecule has 1 atom stereocenters. The number of benzene rings is 2. The number of rotatable bonds is 6. The lowest BCUT2D eigenvalue weighted by Gasteiger charge is -2.40. The third-order valence-electron chi connectivity index (χ3n) is 4.91. The second-order valence-corrected chi connectivity index (χ2v) is 8.96. The van der Waals surface area contributed by atoms with Crippen molar-refractivity contribution in [1.82, 2.24) is 4.90 Å². The fourth-order valence-corrected chi connectivity index (χ4v) is 3.72. The molecule has 0 fully saturated rings. The molecule has 0 saturated heterocycles. The SMILES string of the molecule is CS(=O)CC1=C(c2ccccc2)C(=O)N(C(C)(C)C(=O)Nc2cc(F)ccc2F)CO1. The van der Waals surface area contributed by atoms with E-state index in [-0.39, 0.29) is 29.5 Å². The summed E-state index contributed by atoms with van der Waals surface area (Å²) in [5.41, 5.74) is -1.03. The molecular weight excluding hydrogens is 426 g/mol. The Bertz CT molecular complexity index is 1070. The summed E-state index contributed by atoms with van der Waals surface area (Å²) >= 11 is 0. The summed E-state index contributed by atoms with van der Waals surface area (Å²) in [7, 11) is -1.26. The summed E-state index contributed by atoms with van der Waals surface area (Å²) in [5.74, 6) is -2.39. The molecule has 0 bridgehead atoms. The first-order valence-corrected chi connectivity index (χ1v) is 11.1. The maximum Gasteiger partial charge on any atom is 0.261 e. The van der Waals surface area contributed by atoms with E-state index in [1.165, 1.54) is 25.0 Å². The number of amides is 2. The monoisotopic (exact) mass is 448 g/mol. The van der Waals surface area contributed by atoms with Gasteiger partial charge >= 0.3 is 0 Å². The molecule has 0 radical (unpaired) electrons. The molecule has 2 aromatic carbocycles. The van der Waals surface area contributed by atoms with Crippen LogP contribution < -0.4 is 5.32 Å². The van der Waals surface area contributed by atoms with Crippen LogP contribution in [0.15, 0.2) is 54.3 Å². The topological polar surface area (TPSA) is 75.7 Å². The van der Waals surface area contributed by atoms with E-state index in [0.29, 0.717) is 5.56 Å². The standard InChI is InChI=1S/C22H22F2N2O4S/c1-22(2,21(28)25-17-11-15(23)9-10-16(17)24)26-13-30-18(12-31(3)29)19(20(26)27)14-7-5-4-6-8-14/h4-11H,12-13H2,1-3H3,(H,25,28). The average molecular weight is 448 g/mol. The number of carbonyl (C=O) groups excluding carboxylic acids is 2. The Morgan fingerprint density at radius 3 is 2.52 bits per heavy atom. The minimum atomic E-state index is -1.47. The Labute approximate surface area is 181 Å². The molecule has 0 aliphatic carbocycles. The Kier molecular flexibility index (Phi) is 6.54. The van der Waals surface area contributed by atoms with Crippen molar-refractivity contribution in [2.75, 3.05) is 24.1 Å². The molecule has 1 N–H and O–H groups in total. The maximum atomic E-state index is 14.0. The highest BCUT2D eigenvalue weighted by Crippen LogP contribution is 2.31. The van der Waals surface area contributed by atoms with E-state index in [4.69, 9.17) is 4.74 Å². The van der Waals surface area contributed by atoms with E-state index in [1.54, 1.807) is 30.3 Å². The van der Waals surface area contributed by atoms with Crippen LogP contribution in [0.3, 0.4) is 0 Å². The number of hydrogen-bond acceptors (Lipinski definition) is 4. The van der Waals surface area contributed by atoms with E-state index < -0.39 is 39.8 Å². The molecule has 1 unspecified atom stereocenters. The molecule has 2 aromatic rings. The van der Waals surface area contributed by atoms with E-state index in [2.05, 4.69) is 5.32 Å². The molecule has 164 valence electrons. The molecular formula is C22H22F2N2O4S. The van der Waals surface area contributed by atoms with Gasteiger partial charge in [0.1, 0.15) is 22.9 Å². The maximum absolute atomic E-state index is 14.0. The lowest BCUT2D eigenvalue weighted by Crippen LogP contribution is -2.57. The van der Waals surface area contributed by atoms with Crippen LogP contribution in [0.1, 0.15) is 19.4 Å². The lowest BCUT2D eigenvalue weighted by molar-refractivity contribution is -0.147. The molecule has 31 heavy (non-hydrogen) atoms. The molecule has 0 aromatic heterocycles. The number of halogens is 2. The molecule has 3 rings (SSSR count). The van der Waals surface area contributed by atoms with Crippen molar-refractivity contribution in [3.63, 3.8) is 0 Å². The summed E-state index contributed by atoms with van der Waals surface area (Å²) in [4.78, 5) is 27.5. The van der Waals surface area contributed by atoms with Crippen molar-refractivity contribution in [1.29, 1.82) is 0 Å². The van der Waals surface area contributed by atoms with Gasteiger partial charge < -0.3 is 10.1 Å². The molecule has 1 heterocycles. The van der Waals surface area contributed by atoms with Gasteiger partial charge in [-0.25, -0.2) is 8.78 Å². The van der Waals surface area contributed by atoms with Crippen LogP contribution in [0.25, 0.3) is 5.57 Å². The predicted octanol–water partition coefficient (Wildman–Crippen LogP) is 3.29. The van der Waals surface area contributed by atoms with Crippen molar-refractivity contribution in [3.8, 4) is 0 Å². The number of carbonyl (C=O) groups is 2. The van der Waals surface area contributed by atoms with Crippen LogP contribution >= 0.6 is 0 Å². The third kappa shape index (κ3) is 4.82. The zero-order chi connectivity index (χ0) is 22.8. The summed E-state index contributed by atoms with van der Waals surface area (Å²) in [5, 5.41) is 2.34. The number of nitrogens with zero attached hydrogens (tertiary/aromatic N) is 1. The fourth-order valence-electron chi connectivity index (χ4n) is 3.12. The second kappa shape index (κ2) is 8.97. The normalized spacial score (nSPS) is 15.5. The first kappa shape index (κ1) is 22.6. The minimum absolute atomic E-state index is 0.0466. The van der Waals surface area contributed by atoms with E-state index in [1.807, 2.05) is 0 Å². The molecule has 1 aliphatic heterocycles. The van der Waals surface area contributed by atoms with Gasteiger partial charge in [-0.1, -0.05) is 30.3 Å². The average Bonchev–Trinajstić information content (AvgIpc) is 2.71. The van der Waals surface area contributed by atoms with E-state index >= 15 is 0 Å². The van der Waals surface area contributed by atoms with Gasteiger partial charge in [-0.2, -0.15) is 0 Å². The lowest BCUT2D eigenvalue weighted by atomic mass is 9.96. The van der Waals surface area contributed by atoms with Crippen molar-refractivity contribution >= 4 is 33.9 Å². The summed E-state index contributed by atoms with van der Waals surface area (Å²) in [6, 6.07) is 11.4. The van der Waals surface area contributed by atoms with E-state index in [0.717, 1.165) is 18.2 Å². The highest BCUT2D eigenvalue weighted by molar-refractivity contribution is 7.84. The van der Waals surface area contributed by atoms with Gasteiger partial charge in [-0.05, 0) is 31.5 Å². The molecule has 0 spiro atoms. The predicted molar refractivity (Wildman–Crippen MR) is 114 cm³/mol. The summed E-state index contributed by atoms with van der Waals surface area (Å²) in [6.45, 7) is 2.70. The van der Waals surface area contributed by atoms with Gasteiger partial charge in [0.05, 0.1) is 17.0 Å². The largest absolute Gasteiger partial charge is 0.475 e. The van der Waals surface area contributed by atoms with Crippen LogP contribution in [-0.2, 0) is 25.1 Å². The highest BCUT2D eigenvalue weighted by Gasteiger charge is 2.43. The van der Waals surface area contributed by atoms with E-state index in [9.17, 15) is 22.6 Å². The van der Waals surface area contributed by atoms with Crippen LogP contribution in [0, 0.1) is 11.6 Å². The van der Waals surface area contributed by atoms with Crippen molar-refractivity contribution in [3.05, 3.63) is 71.5 Å². The first-order chi connectivity index (χ1) is 14.6. The van der Waals surface area contributed by atoms with Crippen LogP contribution in [-0.4, -0.2) is 45.2 Å². The zero-order valence-corrected chi connectivity index (χ0v) is 18.1. The summed E-state index contributed by atoms with van der Waals surface area (Å²) < 4.78 is 45.0. The van der Waals surface area contributed by atoms with Gasteiger partial charge in [0, 0.05) is 23.1 Å². The Balaban J connectivity index is 1.94. The molecule has 6 nitrogen and oxygen atoms in total. The van der Waals surface area contributed by atoms with Gasteiger partial charge in [-0.3, -0.25) is 18.7 Å².